The number of hydrogen-bond acceptors (Lipinski definition) is 2. The van der Waals surface area contributed by atoms with Gasteiger partial charge in [0.2, 0.25) is 0 Å². The molecule has 0 saturated carbocycles. The fourth-order valence-electron chi connectivity index (χ4n) is 2.09. The van der Waals surface area contributed by atoms with E-state index in [0.29, 0.717) is 0 Å². The zero-order chi connectivity index (χ0) is 26.0. The molecule has 1 aliphatic rings. The Bertz CT molecular complexity index is 737. The third-order valence-electron chi connectivity index (χ3n) is 4.17. The molecule has 32 heavy (non-hydrogen) atoms. The van der Waals surface area contributed by atoms with Gasteiger partial charge in [-0.2, -0.15) is 74.6 Å². The molecule has 0 saturated heterocycles. The van der Waals surface area contributed by atoms with Gasteiger partial charge in [0.05, 0.1) is 6.04 Å². The first-order chi connectivity index (χ1) is 13.8. The summed E-state index contributed by atoms with van der Waals surface area (Å²) < 4.78 is 227. The molecule has 2 nitrogen and oxygen atoms in total. The van der Waals surface area contributed by atoms with Gasteiger partial charge in [0.25, 0.3) is 5.90 Å². The SMILES string of the molecule is CCC1COC(C(F)(F)C(F)(F)C(F)(F)C(F)(F)C(F)(F)C(F)(F)C(F)(F)C(F)(F)F)=N1. The molecule has 19 heteroatoms. The first-order valence-corrected chi connectivity index (χ1v) is 7.71. The fourth-order valence-corrected chi connectivity index (χ4v) is 2.09. The molecule has 0 aromatic rings. The van der Waals surface area contributed by atoms with Crippen LogP contribution in [0, 0.1) is 0 Å². The van der Waals surface area contributed by atoms with Crippen LogP contribution in [-0.2, 0) is 4.74 Å². The van der Waals surface area contributed by atoms with Crippen molar-refractivity contribution < 1.29 is 79.4 Å². The van der Waals surface area contributed by atoms with Crippen LogP contribution in [0.1, 0.15) is 13.3 Å². The summed E-state index contributed by atoms with van der Waals surface area (Å²) in [6, 6.07) is -1.43. The fraction of sp³-hybridized carbons (Fsp3) is 0.923. The third-order valence-corrected chi connectivity index (χ3v) is 4.17. The Morgan fingerprint density at radius 3 is 1.28 bits per heavy atom. The van der Waals surface area contributed by atoms with E-state index in [4.69, 9.17) is 0 Å². The Balaban J connectivity index is 3.62. The summed E-state index contributed by atoms with van der Waals surface area (Å²) in [5, 5.41) is 0. The van der Waals surface area contributed by atoms with Gasteiger partial charge < -0.3 is 4.74 Å². The highest BCUT2D eigenvalue weighted by atomic mass is 19.4. The first kappa shape index (κ1) is 28.3. The molecule has 0 aliphatic carbocycles. The Labute approximate surface area is 165 Å². The molecule has 190 valence electrons. The van der Waals surface area contributed by atoms with Crippen molar-refractivity contribution in [2.75, 3.05) is 6.61 Å². The van der Waals surface area contributed by atoms with Crippen LogP contribution in [0.15, 0.2) is 4.99 Å². The number of hydrogen-bond donors (Lipinski definition) is 0. The minimum Gasteiger partial charge on any atom is -0.474 e. The molecular weight excluding hydrogens is 509 g/mol. The molecule has 1 rings (SSSR count). The summed E-state index contributed by atoms with van der Waals surface area (Å²) in [6.45, 7) is 0.147. The van der Waals surface area contributed by atoms with E-state index in [0.717, 1.165) is 6.92 Å². The number of halogens is 17. The van der Waals surface area contributed by atoms with Crippen LogP contribution in [0.25, 0.3) is 0 Å². The lowest BCUT2D eigenvalue weighted by atomic mass is 9.89. The lowest BCUT2D eigenvalue weighted by molar-refractivity contribution is -0.459. The van der Waals surface area contributed by atoms with Gasteiger partial charge in [-0.3, -0.25) is 0 Å². The van der Waals surface area contributed by atoms with Crippen LogP contribution in [0.4, 0.5) is 74.6 Å². The van der Waals surface area contributed by atoms with E-state index in [1.165, 1.54) is 0 Å². The van der Waals surface area contributed by atoms with Crippen LogP contribution in [-0.4, -0.2) is 66.2 Å². The molecule has 1 atom stereocenters. The van der Waals surface area contributed by atoms with E-state index < -0.39 is 66.2 Å². The normalized spacial score (nSPS) is 20.3. The molecule has 0 spiro atoms. The van der Waals surface area contributed by atoms with E-state index in [1.54, 1.807) is 0 Å². The van der Waals surface area contributed by atoms with E-state index in [1.807, 2.05) is 0 Å². The quantitative estimate of drug-likeness (QED) is 0.352. The first-order valence-electron chi connectivity index (χ1n) is 7.71. The van der Waals surface area contributed by atoms with Gasteiger partial charge in [0.1, 0.15) is 6.61 Å². The summed E-state index contributed by atoms with van der Waals surface area (Å²) >= 11 is 0. The molecular formula is C13H8F17NO. The van der Waals surface area contributed by atoms with E-state index in [-0.39, 0.29) is 6.42 Å². The second kappa shape index (κ2) is 7.39. The maximum atomic E-state index is 13.8. The number of aliphatic imine (C=N–C) groups is 1. The molecule has 0 bridgehead atoms. The zero-order valence-corrected chi connectivity index (χ0v) is 14.8. The predicted octanol–water partition coefficient (Wildman–Crippen LogP) is 6.20. The average molecular weight is 517 g/mol. The average Bonchev–Trinajstić information content (AvgIpc) is 3.09. The number of ether oxygens (including phenoxy) is 1. The van der Waals surface area contributed by atoms with E-state index in [9.17, 15) is 74.6 Å². The van der Waals surface area contributed by atoms with Gasteiger partial charge in [-0.25, -0.2) is 4.99 Å². The third kappa shape index (κ3) is 3.43. The summed E-state index contributed by atoms with van der Waals surface area (Å²) in [5.74, 6) is -59.5. The van der Waals surface area contributed by atoms with Crippen LogP contribution in [0.5, 0.6) is 0 Å². The maximum Gasteiger partial charge on any atom is 0.460 e. The van der Waals surface area contributed by atoms with Gasteiger partial charge in [-0.1, -0.05) is 6.92 Å². The summed E-state index contributed by atoms with van der Waals surface area (Å²) in [4.78, 5) is 2.60. The number of nitrogens with zero attached hydrogens (tertiary/aromatic N) is 1. The molecule has 1 heterocycles. The van der Waals surface area contributed by atoms with Gasteiger partial charge >= 0.3 is 47.6 Å². The summed E-state index contributed by atoms with van der Waals surface area (Å²) in [5.41, 5.74) is 0. The smallest absolute Gasteiger partial charge is 0.460 e. The van der Waals surface area contributed by atoms with Crippen molar-refractivity contribution >= 4 is 5.90 Å². The van der Waals surface area contributed by atoms with Crippen LogP contribution in [0.2, 0.25) is 0 Å². The van der Waals surface area contributed by atoms with E-state index >= 15 is 0 Å². The molecule has 0 N–H and O–H groups in total. The number of alkyl halides is 17. The van der Waals surface area contributed by atoms with Crippen LogP contribution < -0.4 is 0 Å². The van der Waals surface area contributed by atoms with Gasteiger partial charge in [0, 0.05) is 0 Å². The van der Waals surface area contributed by atoms with Crippen molar-refractivity contribution in [2.45, 2.75) is 67.0 Å². The molecule has 0 radical (unpaired) electrons. The summed E-state index contributed by atoms with van der Waals surface area (Å²) in [6.07, 6.45) is -8.06. The lowest BCUT2D eigenvalue weighted by Gasteiger charge is -2.42. The molecule has 1 aliphatic heterocycles. The van der Waals surface area contributed by atoms with Crippen LogP contribution in [0.3, 0.4) is 0 Å². The van der Waals surface area contributed by atoms with Crippen LogP contribution >= 0.6 is 0 Å². The second-order valence-corrected chi connectivity index (χ2v) is 6.33. The van der Waals surface area contributed by atoms with Crippen molar-refractivity contribution in [3.8, 4) is 0 Å². The number of rotatable bonds is 8. The van der Waals surface area contributed by atoms with E-state index in [2.05, 4.69) is 9.73 Å². The topological polar surface area (TPSA) is 21.6 Å². The highest BCUT2D eigenvalue weighted by Gasteiger charge is 2.95. The van der Waals surface area contributed by atoms with Crippen molar-refractivity contribution in [1.29, 1.82) is 0 Å². The van der Waals surface area contributed by atoms with Crippen molar-refractivity contribution in [2.24, 2.45) is 4.99 Å². The molecule has 0 amide bonds. The van der Waals surface area contributed by atoms with Crippen molar-refractivity contribution in [1.82, 2.24) is 0 Å². The predicted molar refractivity (Wildman–Crippen MR) is 68.1 cm³/mol. The highest BCUT2D eigenvalue weighted by molar-refractivity contribution is 5.86. The molecule has 0 aromatic heterocycles. The summed E-state index contributed by atoms with van der Waals surface area (Å²) in [7, 11) is 0. The Morgan fingerprint density at radius 1 is 0.625 bits per heavy atom. The van der Waals surface area contributed by atoms with Crippen molar-refractivity contribution in [3.05, 3.63) is 0 Å². The Hall–Kier alpha value is -1.72. The Kier molecular flexibility index (Phi) is 6.54. The van der Waals surface area contributed by atoms with Gasteiger partial charge in [0.15, 0.2) is 0 Å². The minimum absolute atomic E-state index is 0.283. The standard InChI is InChI=1S/C13H8F17NO/c1-2-4-3-32-5(31-4)6(14,15)7(16,17)8(18,19)9(20,21)10(22,23)11(24,25)12(26,27)13(28,29)30/h4H,2-3H2,1H3. The lowest BCUT2D eigenvalue weighted by Crippen LogP contribution is -2.75. The van der Waals surface area contributed by atoms with Gasteiger partial charge in [-0.15, -0.1) is 0 Å². The van der Waals surface area contributed by atoms with Gasteiger partial charge in [-0.05, 0) is 6.42 Å². The zero-order valence-electron chi connectivity index (χ0n) is 14.8. The maximum absolute atomic E-state index is 13.8. The van der Waals surface area contributed by atoms with Crippen molar-refractivity contribution in [3.63, 3.8) is 0 Å². The second-order valence-electron chi connectivity index (χ2n) is 6.33. The highest BCUT2D eigenvalue weighted by Crippen LogP contribution is 2.64. The molecule has 0 fully saturated rings. The molecule has 1 unspecified atom stereocenters. The Morgan fingerprint density at radius 2 is 0.969 bits per heavy atom. The minimum atomic E-state index is -8.65. The molecule has 0 aromatic carbocycles. The largest absolute Gasteiger partial charge is 0.474 e. The monoisotopic (exact) mass is 517 g/mol.